The van der Waals surface area contributed by atoms with Gasteiger partial charge in [0.25, 0.3) is 11.1 Å². The van der Waals surface area contributed by atoms with E-state index in [-0.39, 0.29) is 24.3 Å². The number of methoxy groups -OCH3 is 2. The number of rotatable bonds is 7. The van der Waals surface area contributed by atoms with Crippen LogP contribution in [0.3, 0.4) is 0 Å². The van der Waals surface area contributed by atoms with Gasteiger partial charge >= 0.3 is 5.97 Å². The Morgan fingerprint density at radius 1 is 1.10 bits per heavy atom. The Balaban J connectivity index is 1.82. The Kier molecular flexibility index (Phi) is 7.79. The monoisotopic (exact) mass is 569 g/mol. The van der Waals surface area contributed by atoms with Gasteiger partial charge in [0.2, 0.25) is 0 Å². The van der Waals surface area contributed by atoms with Crippen molar-refractivity contribution in [2.75, 3.05) is 20.8 Å². The number of thioether (sulfide) groups is 1. The number of benzene rings is 2. The second kappa shape index (κ2) is 10.3. The molecule has 0 N–H and O–H groups in total. The van der Waals surface area contributed by atoms with Gasteiger partial charge in [0.05, 0.1) is 25.7 Å². The van der Waals surface area contributed by atoms with Crippen molar-refractivity contribution < 1.29 is 28.6 Å². The van der Waals surface area contributed by atoms with Gasteiger partial charge < -0.3 is 14.2 Å². The minimum absolute atomic E-state index is 0.195. The smallest absolute Gasteiger partial charge is 0.343 e. The summed E-state index contributed by atoms with van der Waals surface area (Å²) in [4.78, 5) is 38.1. The van der Waals surface area contributed by atoms with Gasteiger partial charge in [-0.05, 0) is 53.2 Å². The standard InChI is InChI=1S/C21H17Br2NO6S/c1-28-16-7-13(15(23)9-17(16)30-11-19(25)29-2)8-18-20(26)24(21(27)31-18)10-12-3-5-14(22)6-4-12/h3-9H,10-11H2,1-2H3/b18-8+. The van der Waals surface area contributed by atoms with Crippen LogP contribution in [0.1, 0.15) is 11.1 Å². The molecule has 1 saturated heterocycles. The number of nitrogens with zero attached hydrogens (tertiary/aromatic N) is 1. The van der Waals surface area contributed by atoms with Gasteiger partial charge in [-0.25, -0.2) is 4.79 Å². The molecule has 3 rings (SSSR count). The molecule has 1 heterocycles. The highest BCUT2D eigenvalue weighted by Crippen LogP contribution is 2.38. The molecule has 0 saturated carbocycles. The Morgan fingerprint density at radius 2 is 1.81 bits per heavy atom. The molecule has 0 spiro atoms. The molecule has 0 unspecified atom stereocenters. The molecule has 7 nitrogen and oxygen atoms in total. The lowest BCUT2D eigenvalue weighted by Gasteiger charge is -2.13. The number of esters is 1. The fourth-order valence-electron chi connectivity index (χ4n) is 2.68. The Bertz CT molecular complexity index is 1050. The fraction of sp³-hybridized carbons (Fsp3) is 0.190. The molecule has 0 atom stereocenters. The maximum atomic E-state index is 12.8. The van der Waals surface area contributed by atoms with Crippen LogP contribution in [0.25, 0.3) is 6.08 Å². The van der Waals surface area contributed by atoms with Crippen LogP contribution in [-0.2, 0) is 20.9 Å². The van der Waals surface area contributed by atoms with Crippen LogP contribution in [0.5, 0.6) is 11.5 Å². The summed E-state index contributed by atoms with van der Waals surface area (Å²) >= 11 is 7.68. The van der Waals surface area contributed by atoms with E-state index in [1.54, 1.807) is 18.2 Å². The third-order valence-corrected chi connectivity index (χ3v) is 6.39. The zero-order valence-corrected chi connectivity index (χ0v) is 20.5. The van der Waals surface area contributed by atoms with E-state index in [0.717, 1.165) is 21.8 Å². The molecular weight excluding hydrogens is 554 g/mol. The number of hydrogen-bond donors (Lipinski definition) is 0. The second-order valence-corrected chi connectivity index (χ2v) is 9.05. The van der Waals surface area contributed by atoms with Crippen LogP contribution in [0, 0.1) is 0 Å². The molecule has 0 aromatic heterocycles. The molecule has 2 amide bonds. The summed E-state index contributed by atoms with van der Waals surface area (Å²) in [6.07, 6.45) is 1.61. The SMILES string of the molecule is COC(=O)COc1cc(Br)c(/C=C2/SC(=O)N(Cc3ccc(Br)cc3)C2=O)cc1OC. The molecule has 2 aromatic rings. The van der Waals surface area contributed by atoms with Crippen molar-refractivity contribution in [2.45, 2.75) is 6.54 Å². The van der Waals surface area contributed by atoms with Crippen LogP contribution in [0.4, 0.5) is 4.79 Å². The molecule has 0 radical (unpaired) electrons. The van der Waals surface area contributed by atoms with Gasteiger partial charge in [-0.15, -0.1) is 0 Å². The lowest BCUT2D eigenvalue weighted by Crippen LogP contribution is -2.27. The van der Waals surface area contributed by atoms with Crippen LogP contribution >= 0.6 is 43.6 Å². The minimum Gasteiger partial charge on any atom is -0.493 e. The first-order valence-corrected chi connectivity index (χ1v) is 11.3. The predicted octanol–water partition coefficient (Wildman–Crippen LogP) is 5.01. The largest absolute Gasteiger partial charge is 0.493 e. The summed E-state index contributed by atoms with van der Waals surface area (Å²) in [5, 5.41) is -0.333. The van der Waals surface area contributed by atoms with E-state index < -0.39 is 5.97 Å². The normalized spacial score (nSPS) is 14.8. The summed E-state index contributed by atoms with van der Waals surface area (Å²) in [5.74, 6) is -0.191. The summed E-state index contributed by atoms with van der Waals surface area (Å²) < 4.78 is 16.8. The van der Waals surface area contributed by atoms with E-state index in [1.165, 1.54) is 19.1 Å². The molecule has 1 aliphatic rings. The van der Waals surface area contributed by atoms with E-state index >= 15 is 0 Å². The molecule has 162 valence electrons. The molecule has 31 heavy (non-hydrogen) atoms. The van der Waals surface area contributed by atoms with Crippen molar-refractivity contribution in [1.29, 1.82) is 0 Å². The summed E-state index contributed by atoms with van der Waals surface area (Å²) in [5.41, 5.74) is 1.47. The lowest BCUT2D eigenvalue weighted by atomic mass is 10.1. The van der Waals surface area contributed by atoms with E-state index in [4.69, 9.17) is 9.47 Å². The average molecular weight is 571 g/mol. The molecule has 1 aliphatic heterocycles. The van der Waals surface area contributed by atoms with Crippen molar-refractivity contribution in [3.05, 3.63) is 61.4 Å². The molecule has 0 bridgehead atoms. The summed E-state index contributed by atoms with van der Waals surface area (Å²) in [6, 6.07) is 10.7. The topological polar surface area (TPSA) is 82.1 Å². The zero-order valence-electron chi connectivity index (χ0n) is 16.5. The van der Waals surface area contributed by atoms with Crippen molar-refractivity contribution in [3.63, 3.8) is 0 Å². The highest BCUT2D eigenvalue weighted by atomic mass is 79.9. The third kappa shape index (κ3) is 5.69. The van der Waals surface area contributed by atoms with Crippen molar-refractivity contribution in [2.24, 2.45) is 0 Å². The highest BCUT2D eigenvalue weighted by molar-refractivity contribution is 9.10. The number of halogens is 2. The van der Waals surface area contributed by atoms with Gasteiger partial charge in [0, 0.05) is 8.95 Å². The minimum atomic E-state index is -0.526. The number of carbonyl (C=O) groups excluding carboxylic acids is 3. The first-order chi connectivity index (χ1) is 14.8. The highest BCUT2D eigenvalue weighted by Gasteiger charge is 2.35. The quantitative estimate of drug-likeness (QED) is 0.342. The summed E-state index contributed by atoms with van der Waals surface area (Å²) in [7, 11) is 2.73. The number of ether oxygens (including phenoxy) is 3. The first kappa shape index (κ1) is 23.4. The fourth-order valence-corrected chi connectivity index (χ4v) is 4.21. The van der Waals surface area contributed by atoms with Gasteiger partial charge in [-0.2, -0.15) is 0 Å². The van der Waals surface area contributed by atoms with Crippen LogP contribution < -0.4 is 9.47 Å². The third-order valence-electron chi connectivity index (χ3n) is 4.27. The van der Waals surface area contributed by atoms with Crippen molar-refractivity contribution >= 4 is 66.8 Å². The first-order valence-electron chi connectivity index (χ1n) is 8.89. The number of amides is 2. The Hall–Kier alpha value is -2.30. The van der Waals surface area contributed by atoms with Gasteiger partial charge in [-0.1, -0.05) is 44.0 Å². The maximum Gasteiger partial charge on any atom is 0.343 e. The van der Waals surface area contributed by atoms with Gasteiger partial charge in [0.1, 0.15) is 0 Å². The molecule has 2 aromatic carbocycles. The summed E-state index contributed by atoms with van der Waals surface area (Å²) in [6.45, 7) is -0.0757. The van der Waals surface area contributed by atoms with E-state index in [2.05, 4.69) is 36.6 Å². The average Bonchev–Trinajstić information content (AvgIpc) is 3.02. The van der Waals surface area contributed by atoms with Crippen LogP contribution in [0.2, 0.25) is 0 Å². The molecule has 1 fully saturated rings. The van der Waals surface area contributed by atoms with E-state index in [0.29, 0.717) is 26.4 Å². The zero-order chi connectivity index (χ0) is 22.5. The second-order valence-electron chi connectivity index (χ2n) is 6.28. The van der Waals surface area contributed by atoms with Gasteiger partial charge in [0.15, 0.2) is 18.1 Å². The Labute approximate surface area is 200 Å². The maximum absolute atomic E-state index is 12.8. The Morgan fingerprint density at radius 3 is 2.45 bits per heavy atom. The van der Waals surface area contributed by atoms with Crippen LogP contribution in [-0.4, -0.2) is 42.8 Å². The van der Waals surface area contributed by atoms with Crippen molar-refractivity contribution in [1.82, 2.24) is 4.90 Å². The van der Waals surface area contributed by atoms with Crippen molar-refractivity contribution in [3.8, 4) is 11.5 Å². The molecular formula is C21H17Br2NO6S. The number of hydrogen-bond acceptors (Lipinski definition) is 7. The number of carbonyl (C=O) groups is 3. The predicted molar refractivity (Wildman–Crippen MR) is 124 cm³/mol. The van der Waals surface area contributed by atoms with Crippen LogP contribution in [0.15, 0.2) is 50.2 Å². The van der Waals surface area contributed by atoms with E-state index in [1.807, 2.05) is 24.3 Å². The van der Waals surface area contributed by atoms with Gasteiger partial charge in [-0.3, -0.25) is 14.5 Å². The lowest BCUT2D eigenvalue weighted by molar-refractivity contribution is -0.142. The number of imide groups is 1. The van der Waals surface area contributed by atoms with E-state index in [9.17, 15) is 14.4 Å². The molecule has 0 aliphatic carbocycles. The molecule has 10 heteroatoms.